The van der Waals surface area contributed by atoms with Gasteiger partial charge in [-0.15, -0.1) is 0 Å². The van der Waals surface area contributed by atoms with E-state index in [1.165, 1.54) is 45.6 Å². The summed E-state index contributed by atoms with van der Waals surface area (Å²) in [5.41, 5.74) is 3.81. The number of aryl methyl sites for hydroxylation is 1. The van der Waals surface area contributed by atoms with Crippen molar-refractivity contribution in [3.05, 3.63) is 63.2 Å². The minimum Gasteiger partial charge on any atom is -0.496 e. The summed E-state index contributed by atoms with van der Waals surface area (Å²) in [6.45, 7) is 8.45. The number of hydrogen-bond acceptors (Lipinski definition) is 5. The molecule has 252 valence electrons. The summed E-state index contributed by atoms with van der Waals surface area (Å²) in [5.74, 6) is 3.70. The fraction of sp³-hybridized carbons (Fsp3) is 0.605. The van der Waals surface area contributed by atoms with E-state index in [0.717, 1.165) is 86.3 Å². The first-order chi connectivity index (χ1) is 22.7. The molecule has 3 heterocycles. The van der Waals surface area contributed by atoms with E-state index < -0.39 is 0 Å². The highest BCUT2D eigenvalue weighted by Crippen LogP contribution is 2.61. The van der Waals surface area contributed by atoms with Crippen LogP contribution in [0.4, 0.5) is 0 Å². The number of ether oxygens (including phenoxy) is 1. The smallest absolute Gasteiger partial charge is 0.256 e. The summed E-state index contributed by atoms with van der Waals surface area (Å²) in [4.78, 5) is 44.5. The molecule has 0 radical (unpaired) electrons. The molecule has 1 aliphatic heterocycles. The molecule has 3 aromatic rings. The maximum atomic E-state index is 13.6. The minimum atomic E-state index is -0.257. The average molecular weight is 642 g/mol. The van der Waals surface area contributed by atoms with Gasteiger partial charge in [0.25, 0.3) is 11.5 Å². The Balaban J connectivity index is 0.920. The Bertz CT molecular complexity index is 1660. The summed E-state index contributed by atoms with van der Waals surface area (Å²) >= 11 is 0. The maximum Gasteiger partial charge on any atom is 0.256 e. The Labute approximate surface area is 277 Å². The standard InChI is InChI=1S/C38H51N5O4/c1-24-14-33(47-3)31(36(45)41-24)22-40-37(46)35-25(2)43(32-7-5-4-6-30(32)35)23-26-8-11-42(12-9-26)13-10-39-34(44)21-38-18-27-15-28(19-38)17-29(16-27)20-38/h4-7,14,26-29H,8-13,15-23H2,1-3H3,(H,39,44)(H,40,46)(H,41,45). The number of carbonyl (C=O) groups is 2. The van der Waals surface area contributed by atoms with Crippen LogP contribution in [0.1, 0.15) is 85.1 Å². The second-order valence-corrected chi connectivity index (χ2v) is 15.3. The lowest BCUT2D eigenvalue weighted by atomic mass is 9.49. The van der Waals surface area contributed by atoms with Crippen molar-refractivity contribution >= 4 is 22.7 Å². The van der Waals surface area contributed by atoms with Gasteiger partial charge in [0, 0.05) is 48.3 Å². The second kappa shape index (κ2) is 13.1. The van der Waals surface area contributed by atoms with Crippen LogP contribution in [-0.2, 0) is 17.9 Å². The molecule has 2 amide bonds. The van der Waals surface area contributed by atoms with Crippen molar-refractivity contribution in [2.24, 2.45) is 29.1 Å². The van der Waals surface area contributed by atoms with E-state index in [4.69, 9.17) is 4.74 Å². The van der Waals surface area contributed by atoms with Crippen LogP contribution in [0.3, 0.4) is 0 Å². The fourth-order valence-electron chi connectivity index (χ4n) is 10.2. The molecule has 1 saturated heterocycles. The average Bonchev–Trinajstić information content (AvgIpc) is 3.30. The molecule has 4 bridgehead atoms. The van der Waals surface area contributed by atoms with Crippen LogP contribution in [0.5, 0.6) is 5.75 Å². The number of fused-ring (bicyclic) bond motifs is 1. The summed E-state index contributed by atoms with van der Waals surface area (Å²) in [6.07, 6.45) is 11.0. The van der Waals surface area contributed by atoms with Gasteiger partial charge in [-0.25, -0.2) is 0 Å². The highest BCUT2D eigenvalue weighted by molar-refractivity contribution is 6.08. The van der Waals surface area contributed by atoms with Crippen LogP contribution in [0.15, 0.2) is 35.1 Å². The summed E-state index contributed by atoms with van der Waals surface area (Å²) in [7, 11) is 1.53. The second-order valence-electron chi connectivity index (χ2n) is 15.3. The van der Waals surface area contributed by atoms with Crippen molar-refractivity contribution in [2.75, 3.05) is 33.3 Å². The molecule has 4 aliphatic carbocycles. The summed E-state index contributed by atoms with van der Waals surface area (Å²) < 4.78 is 7.72. The van der Waals surface area contributed by atoms with Crippen molar-refractivity contribution < 1.29 is 14.3 Å². The number of rotatable bonds is 11. The predicted octanol–water partition coefficient (Wildman–Crippen LogP) is 5.32. The lowest BCUT2D eigenvalue weighted by Crippen LogP contribution is -2.48. The number of benzene rings is 1. The third-order valence-electron chi connectivity index (χ3n) is 11.9. The molecule has 9 nitrogen and oxygen atoms in total. The van der Waals surface area contributed by atoms with Crippen molar-refractivity contribution in [3.63, 3.8) is 0 Å². The van der Waals surface area contributed by atoms with Crippen LogP contribution in [0.2, 0.25) is 0 Å². The first kappa shape index (κ1) is 32.0. The Hall–Kier alpha value is -3.59. The molecule has 5 fully saturated rings. The van der Waals surface area contributed by atoms with Gasteiger partial charge in [-0.1, -0.05) is 18.2 Å². The van der Waals surface area contributed by atoms with Crippen LogP contribution in [0.25, 0.3) is 10.9 Å². The van der Waals surface area contributed by atoms with Gasteiger partial charge in [0.05, 0.1) is 24.8 Å². The molecular formula is C38H51N5O4. The van der Waals surface area contributed by atoms with E-state index in [2.05, 4.69) is 31.2 Å². The number of methoxy groups -OCH3 is 1. The predicted molar refractivity (Wildman–Crippen MR) is 184 cm³/mol. The van der Waals surface area contributed by atoms with Crippen molar-refractivity contribution in [1.29, 1.82) is 0 Å². The van der Waals surface area contributed by atoms with Crippen molar-refractivity contribution in [2.45, 2.75) is 84.7 Å². The van der Waals surface area contributed by atoms with Gasteiger partial charge in [0.15, 0.2) is 0 Å². The first-order valence-corrected chi connectivity index (χ1v) is 17.8. The quantitative estimate of drug-likeness (QED) is 0.263. The number of aromatic nitrogens is 2. The summed E-state index contributed by atoms with van der Waals surface area (Å²) in [6, 6.07) is 9.86. The van der Waals surface area contributed by atoms with E-state index in [1.54, 1.807) is 13.0 Å². The third kappa shape index (κ3) is 6.60. The largest absolute Gasteiger partial charge is 0.496 e. The molecule has 9 heteroatoms. The normalized spacial score (nSPS) is 25.7. The number of para-hydroxylation sites is 1. The van der Waals surface area contributed by atoms with E-state index in [-0.39, 0.29) is 23.9 Å². The zero-order valence-corrected chi connectivity index (χ0v) is 28.3. The van der Waals surface area contributed by atoms with Gasteiger partial charge < -0.3 is 29.8 Å². The fourth-order valence-corrected chi connectivity index (χ4v) is 10.2. The van der Waals surface area contributed by atoms with Gasteiger partial charge >= 0.3 is 0 Å². The number of carbonyl (C=O) groups excluding carboxylic acids is 2. The highest BCUT2D eigenvalue weighted by Gasteiger charge is 2.51. The topological polar surface area (TPSA) is 108 Å². The van der Waals surface area contributed by atoms with E-state index in [9.17, 15) is 14.4 Å². The zero-order chi connectivity index (χ0) is 32.7. The number of hydrogen-bond donors (Lipinski definition) is 3. The van der Waals surface area contributed by atoms with Crippen molar-refractivity contribution in [1.82, 2.24) is 25.1 Å². The summed E-state index contributed by atoms with van der Waals surface area (Å²) in [5, 5.41) is 7.19. The number of nitrogens with one attached hydrogen (secondary N) is 3. The van der Waals surface area contributed by atoms with Gasteiger partial charge in [0.1, 0.15) is 5.75 Å². The first-order valence-electron chi connectivity index (χ1n) is 17.8. The van der Waals surface area contributed by atoms with E-state index >= 15 is 0 Å². The molecule has 3 N–H and O–H groups in total. The van der Waals surface area contributed by atoms with Gasteiger partial charge in [0.2, 0.25) is 5.91 Å². The van der Waals surface area contributed by atoms with E-state index in [0.29, 0.717) is 33.9 Å². The SMILES string of the molecule is COc1cc(C)[nH]c(=O)c1CNC(=O)c1c(C)n(CC2CCN(CCNC(=O)CC34CC5CC(CC(C5)C3)C4)CC2)c2ccccc12. The van der Waals surface area contributed by atoms with Gasteiger partial charge in [-0.05, 0) is 120 Å². The number of H-pyrrole nitrogens is 1. The number of pyridine rings is 1. The number of likely N-dealkylation sites (tertiary alicyclic amines) is 1. The molecular weight excluding hydrogens is 590 g/mol. The maximum absolute atomic E-state index is 13.6. The van der Waals surface area contributed by atoms with Crippen LogP contribution >= 0.6 is 0 Å². The van der Waals surface area contributed by atoms with Crippen LogP contribution in [0, 0.1) is 42.9 Å². The number of aromatic amines is 1. The molecule has 8 rings (SSSR count). The number of nitrogens with zero attached hydrogens (tertiary/aromatic N) is 2. The van der Waals surface area contributed by atoms with Gasteiger partial charge in [-0.3, -0.25) is 14.4 Å². The monoisotopic (exact) mass is 641 g/mol. The Kier molecular flexibility index (Phi) is 8.94. The Morgan fingerprint density at radius 2 is 1.68 bits per heavy atom. The molecule has 0 unspecified atom stereocenters. The zero-order valence-electron chi connectivity index (χ0n) is 28.3. The van der Waals surface area contributed by atoms with E-state index in [1.807, 2.05) is 25.1 Å². The molecule has 5 aliphatic rings. The molecule has 0 atom stereocenters. The van der Waals surface area contributed by atoms with Gasteiger partial charge in [-0.2, -0.15) is 0 Å². The third-order valence-corrected chi connectivity index (χ3v) is 11.9. The molecule has 2 aromatic heterocycles. The molecule has 4 saturated carbocycles. The van der Waals surface area contributed by atoms with Crippen LogP contribution in [-0.4, -0.2) is 59.6 Å². The van der Waals surface area contributed by atoms with Crippen molar-refractivity contribution in [3.8, 4) is 5.75 Å². The Morgan fingerprint density at radius 1 is 1.00 bits per heavy atom. The lowest BCUT2D eigenvalue weighted by molar-refractivity contribution is -0.129. The minimum absolute atomic E-state index is 0.0811. The number of piperidine rings is 1. The Morgan fingerprint density at radius 3 is 2.36 bits per heavy atom. The lowest BCUT2D eigenvalue weighted by Gasteiger charge is -2.56. The number of amides is 2. The van der Waals surface area contributed by atoms with Crippen LogP contribution < -0.4 is 20.9 Å². The molecule has 47 heavy (non-hydrogen) atoms. The molecule has 1 aromatic carbocycles. The highest BCUT2D eigenvalue weighted by atomic mass is 16.5. The molecule has 0 spiro atoms.